The molecule has 0 bridgehead atoms. The molecule has 0 aromatic carbocycles. The Morgan fingerprint density at radius 2 is 2.07 bits per heavy atom. The first-order valence-electron chi connectivity index (χ1n) is 9.66. The van der Waals surface area contributed by atoms with Crippen molar-refractivity contribution in [2.45, 2.75) is 20.3 Å². The Kier molecular flexibility index (Phi) is 7.20. The molecule has 8 nitrogen and oxygen atoms in total. The zero-order valence-electron chi connectivity index (χ0n) is 16.8. The fraction of sp³-hybridized carbons (Fsp3) is 0.500. The lowest BCUT2D eigenvalue weighted by molar-refractivity contribution is 0.0325. The fourth-order valence-electron chi connectivity index (χ4n) is 3.30. The lowest BCUT2D eigenvalue weighted by Gasteiger charge is -2.29. The third-order valence-corrected chi connectivity index (χ3v) is 5.14. The molecule has 0 saturated carbocycles. The average molecular weight is 417 g/mol. The summed E-state index contributed by atoms with van der Waals surface area (Å²) < 4.78 is 7.06. The zero-order chi connectivity index (χ0) is 20.8. The smallest absolute Gasteiger partial charge is 0.274 e. The monoisotopic (exact) mass is 416 g/mol. The van der Waals surface area contributed by atoms with Gasteiger partial charge in [0.15, 0.2) is 5.82 Å². The van der Waals surface area contributed by atoms with Crippen molar-refractivity contribution < 1.29 is 9.53 Å². The molecule has 0 spiro atoms. The molecule has 3 rings (SSSR count). The summed E-state index contributed by atoms with van der Waals surface area (Å²) in [5.74, 6) is 0.263. The van der Waals surface area contributed by atoms with Crippen molar-refractivity contribution in [2.24, 2.45) is 0 Å². The van der Waals surface area contributed by atoms with Crippen LogP contribution in [0.4, 0.5) is 0 Å². The van der Waals surface area contributed by atoms with Gasteiger partial charge in [0, 0.05) is 38.4 Å². The zero-order valence-corrected chi connectivity index (χ0v) is 17.5. The maximum absolute atomic E-state index is 13.2. The van der Waals surface area contributed by atoms with E-state index in [2.05, 4.69) is 21.1 Å². The number of hydrogen-bond donors (Lipinski definition) is 0. The largest absolute Gasteiger partial charge is 0.379 e. The van der Waals surface area contributed by atoms with Crippen LogP contribution in [0.25, 0.3) is 5.82 Å². The summed E-state index contributed by atoms with van der Waals surface area (Å²) in [6.45, 7) is 8.47. The first kappa shape index (κ1) is 21.2. The van der Waals surface area contributed by atoms with Crippen LogP contribution in [0.15, 0.2) is 18.2 Å². The van der Waals surface area contributed by atoms with Gasteiger partial charge < -0.3 is 9.64 Å². The van der Waals surface area contributed by atoms with Gasteiger partial charge in [-0.2, -0.15) is 10.4 Å². The number of carbonyl (C=O) groups excluding carboxylic acids is 1. The highest BCUT2D eigenvalue weighted by molar-refractivity contribution is 6.33. The second-order valence-corrected chi connectivity index (χ2v) is 7.40. The standard InChI is InChI=1S/C20H25ClN6O2/c1-15-14-16(2)27(24-15)18-5-4-17(21)19(23-18)20(28)26(7-3-6-22)9-8-25-10-12-29-13-11-25/h4-5,14H,3,7-13H2,1-2H3. The Bertz CT molecular complexity index is 901. The highest BCUT2D eigenvalue weighted by Gasteiger charge is 2.22. The number of nitrogens with zero attached hydrogens (tertiary/aromatic N) is 6. The Morgan fingerprint density at radius 3 is 2.72 bits per heavy atom. The van der Waals surface area contributed by atoms with Gasteiger partial charge in [-0.05, 0) is 32.0 Å². The highest BCUT2D eigenvalue weighted by Crippen LogP contribution is 2.19. The van der Waals surface area contributed by atoms with Crippen LogP contribution in [0.3, 0.4) is 0 Å². The Labute approximate surface area is 175 Å². The van der Waals surface area contributed by atoms with Crippen LogP contribution in [0.5, 0.6) is 0 Å². The van der Waals surface area contributed by atoms with E-state index in [4.69, 9.17) is 21.6 Å². The average Bonchev–Trinajstić information content (AvgIpc) is 3.07. The van der Waals surface area contributed by atoms with Gasteiger partial charge in [0.25, 0.3) is 5.91 Å². The van der Waals surface area contributed by atoms with Gasteiger partial charge in [0.2, 0.25) is 0 Å². The van der Waals surface area contributed by atoms with Gasteiger partial charge >= 0.3 is 0 Å². The van der Waals surface area contributed by atoms with Crippen LogP contribution in [0.2, 0.25) is 5.02 Å². The summed E-state index contributed by atoms with van der Waals surface area (Å²) in [7, 11) is 0. The molecule has 0 radical (unpaired) electrons. The van der Waals surface area contributed by atoms with Gasteiger partial charge in [-0.25, -0.2) is 9.67 Å². The van der Waals surface area contributed by atoms with Crippen molar-refractivity contribution in [3.05, 3.63) is 40.3 Å². The molecule has 29 heavy (non-hydrogen) atoms. The van der Waals surface area contributed by atoms with Gasteiger partial charge in [-0.15, -0.1) is 0 Å². The van der Waals surface area contributed by atoms with Crippen LogP contribution < -0.4 is 0 Å². The predicted molar refractivity (Wildman–Crippen MR) is 109 cm³/mol. The van der Waals surface area contributed by atoms with Crippen LogP contribution in [0.1, 0.15) is 28.3 Å². The van der Waals surface area contributed by atoms with E-state index in [0.29, 0.717) is 32.1 Å². The first-order chi connectivity index (χ1) is 14.0. The van der Waals surface area contributed by atoms with E-state index < -0.39 is 0 Å². The van der Waals surface area contributed by atoms with E-state index in [1.807, 2.05) is 19.9 Å². The molecule has 0 atom stereocenters. The van der Waals surface area contributed by atoms with Gasteiger partial charge in [-0.3, -0.25) is 9.69 Å². The molecule has 1 saturated heterocycles. The van der Waals surface area contributed by atoms with Crippen molar-refractivity contribution in [3.8, 4) is 11.9 Å². The summed E-state index contributed by atoms with van der Waals surface area (Å²) >= 11 is 6.32. The number of amides is 1. The molecule has 2 aromatic heterocycles. The molecule has 9 heteroatoms. The minimum Gasteiger partial charge on any atom is -0.379 e. The number of pyridine rings is 1. The lowest BCUT2D eigenvalue weighted by Crippen LogP contribution is -2.43. The molecule has 1 amide bonds. The van der Waals surface area contributed by atoms with Crippen LogP contribution >= 0.6 is 11.6 Å². The third kappa shape index (κ3) is 5.32. The minimum atomic E-state index is -0.276. The van der Waals surface area contributed by atoms with Crippen molar-refractivity contribution in [3.63, 3.8) is 0 Å². The summed E-state index contributed by atoms with van der Waals surface area (Å²) in [6.07, 6.45) is 0.254. The van der Waals surface area contributed by atoms with Crippen LogP contribution in [-0.4, -0.2) is 76.4 Å². The molecular formula is C20H25ClN6O2. The van der Waals surface area contributed by atoms with E-state index in [1.54, 1.807) is 21.7 Å². The molecule has 0 aliphatic carbocycles. The fourth-order valence-corrected chi connectivity index (χ4v) is 3.48. The normalized spacial score (nSPS) is 14.6. The van der Waals surface area contributed by atoms with Crippen molar-refractivity contribution in [1.29, 1.82) is 5.26 Å². The van der Waals surface area contributed by atoms with E-state index in [0.717, 1.165) is 31.0 Å². The van der Waals surface area contributed by atoms with Crippen LogP contribution in [-0.2, 0) is 4.74 Å². The molecule has 1 aliphatic rings. The number of rotatable bonds is 7. The summed E-state index contributed by atoms with van der Waals surface area (Å²) in [6, 6.07) is 7.46. The van der Waals surface area contributed by atoms with Gasteiger partial charge in [-0.1, -0.05) is 11.6 Å². The Hall–Kier alpha value is -2.47. The summed E-state index contributed by atoms with van der Waals surface area (Å²) in [5.41, 5.74) is 1.97. The van der Waals surface area contributed by atoms with Crippen molar-refractivity contribution in [1.82, 2.24) is 24.6 Å². The van der Waals surface area contributed by atoms with E-state index >= 15 is 0 Å². The molecule has 1 aliphatic heterocycles. The Morgan fingerprint density at radius 1 is 1.31 bits per heavy atom. The van der Waals surface area contributed by atoms with Crippen LogP contribution in [0, 0.1) is 25.2 Å². The van der Waals surface area contributed by atoms with Gasteiger partial charge in [0.05, 0.1) is 36.4 Å². The van der Waals surface area contributed by atoms with Crippen molar-refractivity contribution in [2.75, 3.05) is 45.9 Å². The maximum Gasteiger partial charge on any atom is 0.274 e. The molecule has 0 N–H and O–H groups in total. The van der Waals surface area contributed by atoms with E-state index in [-0.39, 0.29) is 23.0 Å². The second-order valence-electron chi connectivity index (χ2n) is 6.99. The predicted octanol–water partition coefficient (Wildman–Crippen LogP) is 2.23. The Balaban J connectivity index is 1.81. The first-order valence-corrected chi connectivity index (χ1v) is 10.0. The second kappa shape index (κ2) is 9.83. The van der Waals surface area contributed by atoms with E-state index in [9.17, 15) is 4.79 Å². The highest BCUT2D eigenvalue weighted by atomic mass is 35.5. The summed E-state index contributed by atoms with van der Waals surface area (Å²) in [4.78, 5) is 21.6. The number of aromatic nitrogens is 3. The topological polar surface area (TPSA) is 87.3 Å². The number of hydrogen-bond acceptors (Lipinski definition) is 6. The van der Waals surface area contributed by atoms with E-state index in [1.165, 1.54) is 0 Å². The molecule has 154 valence electrons. The lowest BCUT2D eigenvalue weighted by atomic mass is 10.2. The minimum absolute atomic E-state index is 0.177. The molecule has 2 aromatic rings. The number of halogens is 1. The SMILES string of the molecule is Cc1cc(C)n(-c2ccc(Cl)c(C(=O)N(CCC#N)CCN3CCOCC3)n2)n1. The molecule has 3 heterocycles. The summed E-state index contributed by atoms with van der Waals surface area (Å²) in [5, 5.41) is 13.7. The third-order valence-electron chi connectivity index (χ3n) is 4.83. The molecule has 1 fully saturated rings. The number of aryl methyl sites for hydroxylation is 2. The molecule has 0 unspecified atom stereocenters. The quantitative estimate of drug-likeness (QED) is 0.687. The number of morpholine rings is 1. The maximum atomic E-state index is 13.2. The number of ether oxygens (including phenoxy) is 1. The van der Waals surface area contributed by atoms with Gasteiger partial charge in [0.1, 0.15) is 5.69 Å². The number of nitriles is 1. The van der Waals surface area contributed by atoms with Crippen molar-refractivity contribution >= 4 is 17.5 Å². The molecular weight excluding hydrogens is 392 g/mol. The number of carbonyl (C=O) groups is 1.